The van der Waals surface area contributed by atoms with Crippen LogP contribution in [0.2, 0.25) is 5.02 Å². The first-order valence-electron chi connectivity index (χ1n) is 4.86. The van der Waals surface area contributed by atoms with Gasteiger partial charge in [0.2, 0.25) is 0 Å². The molecule has 1 aliphatic heterocycles. The molecule has 1 aromatic rings. The molecule has 4 heteroatoms. The van der Waals surface area contributed by atoms with Crippen LogP contribution in [0.1, 0.15) is 12.0 Å². The Labute approximate surface area is 93.3 Å². The second-order valence-electron chi connectivity index (χ2n) is 3.84. The number of rotatable bonds is 2. The minimum absolute atomic E-state index is 0.0819. The lowest BCUT2D eigenvalue weighted by molar-refractivity contribution is 0.0783. The van der Waals surface area contributed by atoms with E-state index in [-0.39, 0.29) is 13.2 Å². The molecular formula is C11H13ClO3. The van der Waals surface area contributed by atoms with Gasteiger partial charge in [-0.1, -0.05) is 17.7 Å². The minimum Gasteiger partial charge on any atom is -0.493 e. The molecule has 82 valence electrons. The predicted octanol–water partition coefficient (Wildman–Crippen LogP) is 1.34. The van der Waals surface area contributed by atoms with Gasteiger partial charge >= 0.3 is 0 Å². The first-order chi connectivity index (χ1) is 7.22. The monoisotopic (exact) mass is 228 g/mol. The molecule has 1 heterocycles. The van der Waals surface area contributed by atoms with Crippen LogP contribution >= 0.6 is 11.6 Å². The van der Waals surface area contributed by atoms with Gasteiger partial charge in [-0.05, 0) is 18.6 Å². The number of hydrogen-bond donors (Lipinski definition) is 2. The highest BCUT2D eigenvalue weighted by atomic mass is 35.5. The number of ether oxygens (including phenoxy) is 1. The summed E-state index contributed by atoms with van der Waals surface area (Å²) in [6.45, 7) is 0.331. The molecule has 0 amide bonds. The predicted molar refractivity (Wildman–Crippen MR) is 57.4 cm³/mol. The van der Waals surface area contributed by atoms with Crippen molar-refractivity contribution in [3.63, 3.8) is 0 Å². The Hall–Kier alpha value is -0.770. The van der Waals surface area contributed by atoms with Crippen LogP contribution in [0.4, 0.5) is 0 Å². The van der Waals surface area contributed by atoms with Crippen molar-refractivity contribution in [2.45, 2.75) is 11.8 Å². The molecule has 0 radical (unpaired) electrons. The fraction of sp³-hybridized carbons (Fsp3) is 0.455. The van der Waals surface area contributed by atoms with Crippen LogP contribution in [0.25, 0.3) is 0 Å². The highest BCUT2D eigenvalue weighted by Crippen LogP contribution is 2.39. The molecule has 2 N–H and O–H groups in total. The van der Waals surface area contributed by atoms with E-state index < -0.39 is 5.41 Å². The number of aliphatic hydroxyl groups excluding tert-OH is 2. The number of benzene rings is 1. The van der Waals surface area contributed by atoms with E-state index in [9.17, 15) is 10.2 Å². The summed E-state index contributed by atoms with van der Waals surface area (Å²) in [5.41, 5.74) is 0.251. The molecule has 0 spiro atoms. The summed E-state index contributed by atoms with van der Waals surface area (Å²) in [6.07, 6.45) is 0.620. The molecule has 0 saturated carbocycles. The Morgan fingerprint density at radius 3 is 2.73 bits per heavy atom. The lowest BCUT2D eigenvalue weighted by Gasteiger charge is -2.35. The summed E-state index contributed by atoms with van der Waals surface area (Å²) < 4.78 is 5.46. The lowest BCUT2D eigenvalue weighted by atomic mass is 9.77. The zero-order valence-corrected chi connectivity index (χ0v) is 9.00. The molecule has 1 aliphatic rings. The maximum Gasteiger partial charge on any atom is 0.124 e. The van der Waals surface area contributed by atoms with Crippen LogP contribution in [0.5, 0.6) is 5.75 Å². The van der Waals surface area contributed by atoms with E-state index in [1.165, 1.54) is 0 Å². The van der Waals surface area contributed by atoms with Gasteiger partial charge in [0.25, 0.3) is 0 Å². The summed E-state index contributed by atoms with van der Waals surface area (Å²) in [5, 5.41) is 19.4. The lowest BCUT2D eigenvalue weighted by Crippen LogP contribution is -2.39. The molecule has 0 bridgehead atoms. The highest BCUT2D eigenvalue weighted by molar-refractivity contribution is 6.30. The van der Waals surface area contributed by atoms with Crippen molar-refractivity contribution < 1.29 is 14.9 Å². The molecule has 3 nitrogen and oxygen atoms in total. The molecule has 15 heavy (non-hydrogen) atoms. The number of fused-ring (bicyclic) bond motifs is 1. The van der Waals surface area contributed by atoms with E-state index >= 15 is 0 Å². The first kappa shape index (κ1) is 10.7. The summed E-state index contributed by atoms with van der Waals surface area (Å²) in [7, 11) is 0. The fourth-order valence-electron chi connectivity index (χ4n) is 1.92. The normalized spacial score (nSPS) is 18.1. The Morgan fingerprint density at radius 1 is 1.33 bits per heavy atom. The minimum atomic E-state index is -0.585. The topological polar surface area (TPSA) is 49.7 Å². The van der Waals surface area contributed by atoms with E-state index in [1.54, 1.807) is 12.1 Å². The van der Waals surface area contributed by atoms with Crippen molar-refractivity contribution in [2.24, 2.45) is 0 Å². The molecule has 2 rings (SSSR count). The van der Waals surface area contributed by atoms with Crippen molar-refractivity contribution in [1.82, 2.24) is 0 Å². The third kappa shape index (κ3) is 1.71. The Bertz CT molecular complexity index is 361. The quantitative estimate of drug-likeness (QED) is 0.803. The molecule has 0 saturated heterocycles. The van der Waals surface area contributed by atoms with Crippen LogP contribution in [-0.4, -0.2) is 30.0 Å². The third-order valence-electron chi connectivity index (χ3n) is 2.96. The van der Waals surface area contributed by atoms with E-state index in [0.29, 0.717) is 23.8 Å². The Kier molecular flexibility index (Phi) is 2.87. The smallest absolute Gasteiger partial charge is 0.124 e. The molecule has 0 unspecified atom stereocenters. The number of hydrogen-bond acceptors (Lipinski definition) is 3. The van der Waals surface area contributed by atoms with E-state index in [2.05, 4.69) is 0 Å². The van der Waals surface area contributed by atoms with Gasteiger partial charge < -0.3 is 14.9 Å². The zero-order valence-electron chi connectivity index (χ0n) is 8.24. The summed E-state index contributed by atoms with van der Waals surface area (Å²) in [4.78, 5) is 0. The van der Waals surface area contributed by atoms with Gasteiger partial charge in [0.1, 0.15) is 5.75 Å². The SMILES string of the molecule is OCC1(CO)CCOc2cc(Cl)ccc21. The second kappa shape index (κ2) is 4.00. The number of aliphatic hydroxyl groups is 2. The summed E-state index contributed by atoms with van der Waals surface area (Å²) >= 11 is 5.85. The van der Waals surface area contributed by atoms with E-state index in [0.717, 1.165) is 5.56 Å². The average molecular weight is 229 g/mol. The summed E-state index contributed by atoms with van der Waals surface area (Å²) in [6, 6.07) is 5.27. The van der Waals surface area contributed by atoms with E-state index in [4.69, 9.17) is 16.3 Å². The van der Waals surface area contributed by atoms with Gasteiger partial charge in [0, 0.05) is 16.0 Å². The average Bonchev–Trinajstić information content (AvgIpc) is 2.27. The summed E-state index contributed by atoms with van der Waals surface area (Å²) in [5.74, 6) is 0.664. The molecular weight excluding hydrogens is 216 g/mol. The maximum atomic E-state index is 9.41. The van der Waals surface area contributed by atoms with Gasteiger partial charge in [0.15, 0.2) is 0 Å². The maximum absolute atomic E-state index is 9.41. The van der Waals surface area contributed by atoms with Crippen molar-refractivity contribution in [3.8, 4) is 5.75 Å². The van der Waals surface area contributed by atoms with Crippen LogP contribution in [-0.2, 0) is 5.41 Å². The standard InChI is InChI=1S/C11H13ClO3/c12-8-1-2-9-10(5-8)15-4-3-11(9,6-13)7-14/h1-2,5,13-14H,3-4,6-7H2. The van der Waals surface area contributed by atoms with Crippen molar-refractivity contribution in [1.29, 1.82) is 0 Å². The second-order valence-corrected chi connectivity index (χ2v) is 4.27. The molecule has 0 aromatic heterocycles. The van der Waals surface area contributed by atoms with Crippen LogP contribution < -0.4 is 4.74 Å². The van der Waals surface area contributed by atoms with E-state index in [1.807, 2.05) is 6.07 Å². The Morgan fingerprint density at radius 2 is 2.07 bits per heavy atom. The zero-order chi connectivity index (χ0) is 10.9. The Balaban J connectivity index is 2.50. The van der Waals surface area contributed by atoms with Gasteiger partial charge in [-0.3, -0.25) is 0 Å². The molecule has 1 aromatic carbocycles. The molecule has 0 atom stereocenters. The van der Waals surface area contributed by atoms with Gasteiger partial charge in [-0.15, -0.1) is 0 Å². The first-order valence-corrected chi connectivity index (χ1v) is 5.24. The van der Waals surface area contributed by atoms with Crippen molar-refractivity contribution in [3.05, 3.63) is 28.8 Å². The fourth-order valence-corrected chi connectivity index (χ4v) is 2.09. The van der Waals surface area contributed by atoms with Crippen LogP contribution in [0.15, 0.2) is 18.2 Å². The third-order valence-corrected chi connectivity index (χ3v) is 3.19. The van der Waals surface area contributed by atoms with Crippen LogP contribution in [0.3, 0.4) is 0 Å². The van der Waals surface area contributed by atoms with Crippen molar-refractivity contribution in [2.75, 3.05) is 19.8 Å². The molecule has 0 aliphatic carbocycles. The number of halogens is 1. The van der Waals surface area contributed by atoms with Gasteiger partial charge in [-0.2, -0.15) is 0 Å². The van der Waals surface area contributed by atoms with Gasteiger partial charge in [-0.25, -0.2) is 0 Å². The van der Waals surface area contributed by atoms with Crippen molar-refractivity contribution >= 4 is 11.6 Å². The molecule has 0 fully saturated rings. The largest absolute Gasteiger partial charge is 0.493 e. The highest BCUT2D eigenvalue weighted by Gasteiger charge is 2.36. The van der Waals surface area contributed by atoms with Gasteiger partial charge in [0.05, 0.1) is 19.8 Å². The van der Waals surface area contributed by atoms with Crippen LogP contribution in [0, 0.1) is 0 Å².